The Morgan fingerprint density at radius 1 is 0.957 bits per heavy atom. The first-order chi connectivity index (χ1) is 10.9. The lowest BCUT2D eigenvalue weighted by Gasteiger charge is -2.46. The number of nitrogens with two attached hydrogens (primary N) is 1. The van der Waals surface area contributed by atoms with Gasteiger partial charge in [-0.1, -0.05) is 19.3 Å². The normalized spacial score (nSPS) is 41.4. The number of fused-ring (bicyclic) bond motifs is 2. The van der Waals surface area contributed by atoms with E-state index < -0.39 is 18.0 Å². The van der Waals surface area contributed by atoms with Crippen LogP contribution in [-0.4, -0.2) is 24.2 Å². The largest absolute Gasteiger partial charge is 0.392 e. The number of halogens is 3. The smallest absolute Gasteiger partial charge is 0.353 e. The van der Waals surface area contributed by atoms with E-state index in [1.807, 2.05) is 0 Å². The fraction of sp³-hybridized carbons (Fsp3) is 0.941. The number of amides is 1. The Morgan fingerprint density at radius 2 is 1.57 bits per heavy atom. The molecular weight excluding hydrogens is 305 g/mol. The molecule has 0 aromatic carbocycles. The molecule has 0 heterocycles. The van der Waals surface area contributed by atoms with Crippen LogP contribution in [0.4, 0.5) is 13.2 Å². The summed E-state index contributed by atoms with van der Waals surface area (Å²) < 4.78 is 39.6. The molecule has 3 N–H and O–H groups in total. The van der Waals surface area contributed by atoms with Crippen LogP contribution in [0.25, 0.3) is 0 Å². The van der Waals surface area contributed by atoms with Crippen LogP contribution in [0.3, 0.4) is 0 Å². The van der Waals surface area contributed by atoms with Crippen LogP contribution < -0.4 is 11.1 Å². The van der Waals surface area contributed by atoms with E-state index >= 15 is 0 Å². The maximum Gasteiger partial charge on any atom is 0.392 e. The second kappa shape index (κ2) is 6.61. The summed E-state index contributed by atoms with van der Waals surface area (Å²) in [6.45, 7) is 0. The summed E-state index contributed by atoms with van der Waals surface area (Å²) in [5, 5.41) is 3.02. The maximum atomic E-state index is 13.2. The van der Waals surface area contributed by atoms with E-state index in [4.69, 9.17) is 5.73 Å². The average Bonchev–Trinajstić information content (AvgIpc) is 2.47. The molecule has 0 aliphatic heterocycles. The SMILES string of the molecule is NC1CC2CCCC(C1)C2NC(=O)C1CCCCC1C(F)(F)F. The minimum atomic E-state index is -4.27. The van der Waals surface area contributed by atoms with Gasteiger partial charge in [-0.15, -0.1) is 0 Å². The standard InChI is InChI=1S/C17H27F3N2O/c18-17(19,20)14-7-2-1-6-13(14)16(23)22-15-10-4-3-5-11(15)9-12(21)8-10/h10-15H,1-9,21H2,(H,22,23). The second-order valence-corrected chi connectivity index (χ2v) is 7.76. The van der Waals surface area contributed by atoms with Gasteiger partial charge in [-0.25, -0.2) is 0 Å². The summed E-state index contributed by atoms with van der Waals surface area (Å²) in [6, 6.07) is 0.211. The van der Waals surface area contributed by atoms with E-state index in [0.29, 0.717) is 31.1 Å². The molecule has 3 fully saturated rings. The highest BCUT2D eigenvalue weighted by molar-refractivity contribution is 5.79. The Kier molecular flexibility index (Phi) is 4.90. The molecule has 3 aliphatic rings. The lowest BCUT2D eigenvalue weighted by Crippen LogP contribution is -2.56. The molecule has 0 saturated heterocycles. The highest BCUT2D eigenvalue weighted by atomic mass is 19.4. The highest BCUT2D eigenvalue weighted by Gasteiger charge is 2.49. The van der Waals surface area contributed by atoms with Gasteiger partial charge in [-0.3, -0.25) is 4.79 Å². The predicted octanol–water partition coefficient (Wildman–Crippen LogP) is 3.38. The van der Waals surface area contributed by atoms with Crippen molar-refractivity contribution in [3.63, 3.8) is 0 Å². The summed E-state index contributed by atoms with van der Waals surface area (Å²) in [5.41, 5.74) is 6.08. The van der Waals surface area contributed by atoms with E-state index in [2.05, 4.69) is 5.32 Å². The van der Waals surface area contributed by atoms with E-state index in [-0.39, 0.29) is 24.4 Å². The molecule has 3 aliphatic carbocycles. The van der Waals surface area contributed by atoms with E-state index in [9.17, 15) is 18.0 Å². The zero-order chi connectivity index (χ0) is 16.6. The number of carbonyl (C=O) groups excluding carboxylic acids is 1. The Bertz CT molecular complexity index is 426. The molecule has 3 nitrogen and oxygen atoms in total. The summed E-state index contributed by atoms with van der Waals surface area (Å²) in [4.78, 5) is 12.6. The fourth-order valence-corrected chi connectivity index (χ4v) is 5.13. The first-order valence-electron chi connectivity index (χ1n) is 8.99. The number of hydrogen-bond acceptors (Lipinski definition) is 2. The number of nitrogens with one attached hydrogen (secondary N) is 1. The van der Waals surface area contributed by atoms with Crippen LogP contribution >= 0.6 is 0 Å². The van der Waals surface area contributed by atoms with Crippen LogP contribution in [0.1, 0.15) is 57.8 Å². The van der Waals surface area contributed by atoms with Crippen molar-refractivity contribution in [2.45, 2.75) is 76.0 Å². The van der Waals surface area contributed by atoms with Crippen molar-refractivity contribution in [1.82, 2.24) is 5.32 Å². The van der Waals surface area contributed by atoms with Crippen molar-refractivity contribution < 1.29 is 18.0 Å². The minimum absolute atomic E-state index is 0.0341. The van der Waals surface area contributed by atoms with Crippen molar-refractivity contribution in [2.75, 3.05) is 0 Å². The van der Waals surface area contributed by atoms with E-state index in [1.165, 1.54) is 0 Å². The minimum Gasteiger partial charge on any atom is -0.353 e. The molecule has 23 heavy (non-hydrogen) atoms. The van der Waals surface area contributed by atoms with Crippen LogP contribution in [0.15, 0.2) is 0 Å². The lowest BCUT2D eigenvalue weighted by molar-refractivity contribution is -0.198. The molecule has 6 heteroatoms. The molecule has 1 amide bonds. The molecule has 3 saturated carbocycles. The quantitative estimate of drug-likeness (QED) is 0.814. The van der Waals surface area contributed by atoms with Crippen molar-refractivity contribution >= 4 is 5.91 Å². The van der Waals surface area contributed by atoms with Crippen molar-refractivity contribution in [1.29, 1.82) is 0 Å². The van der Waals surface area contributed by atoms with Crippen LogP contribution in [0.5, 0.6) is 0 Å². The monoisotopic (exact) mass is 332 g/mol. The van der Waals surface area contributed by atoms with Gasteiger partial charge in [-0.2, -0.15) is 13.2 Å². The van der Waals surface area contributed by atoms with Gasteiger partial charge < -0.3 is 11.1 Å². The zero-order valence-corrected chi connectivity index (χ0v) is 13.4. The van der Waals surface area contributed by atoms with Crippen LogP contribution in [0, 0.1) is 23.7 Å². The van der Waals surface area contributed by atoms with Crippen molar-refractivity contribution in [3.05, 3.63) is 0 Å². The van der Waals surface area contributed by atoms with Crippen molar-refractivity contribution in [2.24, 2.45) is 29.4 Å². The Labute approximate surface area is 135 Å². The highest BCUT2D eigenvalue weighted by Crippen LogP contribution is 2.43. The summed E-state index contributed by atoms with van der Waals surface area (Å²) >= 11 is 0. The topological polar surface area (TPSA) is 55.1 Å². The molecule has 132 valence electrons. The van der Waals surface area contributed by atoms with Gasteiger partial charge in [-0.05, 0) is 50.4 Å². The van der Waals surface area contributed by atoms with Crippen LogP contribution in [-0.2, 0) is 4.79 Å². The van der Waals surface area contributed by atoms with Gasteiger partial charge in [0.15, 0.2) is 0 Å². The van der Waals surface area contributed by atoms with Gasteiger partial charge in [0.2, 0.25) is 5.91 Å². The molecular formula is C17H27F3N2O. The Hall–Kier alpha value is -0.780. The number of hydrogen-bond donors (Lipinski definition) is 2. The van der Waals surface area contributed by atoms with Gasteiger partial charge in [0.1, 0.15) is 0 Å². The van der Waals surface area contributed by atoms with Gasteiger partial charge >= 0.3 is 6.18 Å². The molecule has 4 atom stereocenters. The third kappa shape index (κ3) is 3.67. The molecule has 0 radical (unpaired) electrons. The second-order valence-electron chi connectivity index (χ2n) is 7.76. The Balaban J connectivity index is 1.68. The number of rotatable bonds is 2. The van der Waals surface area contributed by atoms with Gasteiger partial charge in [0, 0.05) is 18.0 Å². The van der Waals surface area contributed by atoms with E-state index in [1.54, 1.807) is 0 Å². The van der Waals surface area contributed by atoms with E-state index in [0.717, 1.165) is 32.1 Å². The summed E-state index contributed by atoms with van der Waals surface area (Å²) in [7, 11) is 0. The fourth-order valence-electron chi connectivity index (χ4n) is 5.13. The third-order valence-corrected chi connectivity index (χ3v) is 6.21. The summed E-state index contributed by atoms with van der Waals surface area (Å²) in [5.74, 6) is -2.06. The molecule has 2 bridgehead atoms. The van der Waals surface area contributed by atoms with Gasteiger partial charge in [0.25, 0.3) is 0 Å². The predicted molar refractivity (Wildman–Crippen MR) is 81.5 cm³/mol. The molecule has 4 unspecified atom stereocenters. The average molecular weight is 332 g/mol. The number of carbonyl (C=O) groups is 1. The maximum absolute atomic E-state index is 13.2. The first kappa shape index (κ1) is 17.1. The van der Waals surface area contributed by atoms with Gasteiger partial charge in [0.05, 0.1) is 5.92 Å². The summed E-state index contributed by atoms with van der Waals surface area (Å²) in [6.07, 6.45) is 2.43. The zero-order valence-electron chi connectivity index (χ0n) is 13.4. The van der Waals surface area contributed by atoms with Crippen LogP contribution in [0.2, 0.25) is 0 Å². The molecule has 0 spiro atoms. The first-order valence-corrected chi connectivity index (χ1v) is 8.99. The Morgan fingerprint density at radius 3 is 2.17 bits per heavy atom. The molecule has 3 rings (SSSR count). The molecule has 0 aromatic heterocycles. The molecule has 0 aromatic rings. The third-order valence-electron chi connectivity index (χ3n) is 6.21. The lowest BCUT2D eigenvalue weighted by atomic mass is 9.66. The van der Waals surface area contributed by atoms with Crippen molar-refractivity contribution in [3.8, 4) is 0 Å². The number of alkyl halides is 3.